The van der Waals surface area contributed by atoms with E-state index in [9.17, 15) is 0 Å². The smallest absolute Gasteiger partial charge is 0.0713 e. The Hall–Kier alpha value is -4.85. The Morgan fingerprint density at radius 2 is 1.00 bits per heavy atom. The third-order valence-corrected chi connectivity index (χ3v) is 10.3. The molecule has 0 N–H and O–H groups in total. The van der Waals surface area contributed by atoms with Gasteiger partial charge >= 0.3 is 0 Å². The summed E-state index contributed by atoms with van der Waals surface area (Å²) in [5, 5.41) is 2.68. The van der Waals surface area contributed by atoms with Gasteiger partial charge in [0.05, 0.1) is 5.41 Å². The predicted octanol–water partition coefficient (Wildman–Crippen LogP) is 11.0. The Morgan fingerprint density at radius 1 is 0.381 bits per heavy atom. The molecule has 0 bridgehead atoms. The highest BCUT2D eigenvalue weighted by Gasteiger charge is 2.45. The molecular formula is C41H26S. The topological polar surface area (TPSA) is 0 Å². The Balaban J connectivity index is 1.25. The van der Waals surface area contributed by atoms with Gasteiger partial charge in [0.1, 0.15) is 0 Å². The van der Waals surface area contributed by atoms with E-state index in [-0.39, 0.29) is 5.41 Å². The number of hydrogen-bond donors (Lipinski definition) is 0. The average molecular weight is 551 g/mol. The van der Waals surface area contributed by atoms with Crippen LogP contribution in [0.1, 0.15) is 22.3 Å². The minimum Gasteiger partial charge on any atom is -0.0888 e. The fourth-order valence-electron chi connectivity index (χ4n) is 7.37. The normalized spacial score (nSPS) is 13.8. The first kappa shape index (κ1) is 23.8. The molecule has 1 aliphatic carbocycles. The predicted molar refractivity (Wildman–Crippen MR) is 176 cm³/mol. The lowest BCUT2D eigenvalue weighted by molar-refractivity contribution is 0.768. The van der Waals surface area contributed by atoms with Crippen LogP contribution in [0.15, 0.2) is 168 Å². The zero-order valence-electron chi connectivity index (χ0n) is 22.9. The lowest BCUT2D eigenvalue weighted by Crippen LogP contribution is -2.28. The van der Waals surface area contributed by atoms with Crippen molar-refractivity contribution in [2.75, 3.05) is 0 Å². The van der Waals surface area contributed by atoms with Crippen LogP contribution in [-0.2, 0) is 5.41 Å². The largest absolute Gasteiger partial charge is 0.0888 e. The van der Waals surface area contributed by atoms with Gasteiger partial charge in [0.15, 0.2) is 0 Å². The van der Waals surface area contributed by atoms with Crippen molar-refractivity contribution in [3.63, 3.8) is 0 Å². The minimum atomic E-state index is -0.360. The van der Waals surface area contributed by atoms with Gasteiger partial charge in [0.25, 0.3) is 0 Å². The third-order valence-electron chi connectivity index (χ3n) is 9.15. The van der Waals surface area contributed by atoms with Gasteiger partial charge in [0, 0.05) is 15.2 Å². The van der Waals surface area contributed by atoms with E-state index in [2.05, 4.69) is 158 Å². The minimum absolute atomic E-state index is 0.360. The van der Waals surface area contributed by atoms with Gasteiger partial charge in [-0.25, -0.2) is 0 Å². The lowest BCUT2D eigenvalue weighted by atomic mass is 9.67. The summed E-state index contributed by atoms with van der Waals surface area (Å²) in [6, 6.07) is 58.5. The van der Waals surface area contributed by atoms with Gasteiger partial charge in [-0.05, 0) is 79.2 Å². The van der Waals surface area contributed by atoms with Crippen molar-refractivity contribution in [2.45, 2.75) is 15.2 Å². The van der Waals surface area contributed by atoms with Crippen molar-refractivity contribution in [3.05, 3.63) is 180 Å². The number of benzene rings is 7. The summed E-state index contributed by atoms with van der Waals surface area (Å²) in [6.45, 7) is 0. The molecular weight excluding hydrogens is 525 g/mol. The van der Waals surface area contributed by atoms with Crippen molar-refractivity contribution >= 4 is 22.5 Å². The van der Waals surface area contributed by atoms with E-state index in [0.29, 0.717) is 0 Å². The summed E-state index contributed by atoms with van der Waals surface area (Å²) in [5.41, 5.74) is 12.7. The summed E-state index contributed by atoms with van der Waals surface area (Å²) >= 11 is 1.89. The zero-order chi connectivity index (χ0) is 27.7. The van der Waals surface area contributed by atoms with Gasteiger partial charge in [0.2, 0.25) is 0 Å². The molecule has 1 aliphatic heterocycles. The standard InChI is InChI=1S/C41H26S/c1-3-13-30(14-4-1)41(31-15-5-2-6-16-31)36-19-8-7-17-32(36)35-25-28(22-24-37(35)41)29-21-23-33-34-18-9-11-27-12-10-20-38(40(27)34)42-39(33)26-29/h1-26H. The molecule has 0 nitrogen and oxygen atoms in total. The highest BCUT2D eigenvalue weighted by atomic mass is 32.2. The highest BCUT2D eigenvalue weighted by Crippen LogP contribution is 2.57. The van der Waals surface area contributed by atoms with Crippen LogP contribution in [0.3, 0.4) is 0 Å². The Labute approximate surface area is 250 Å². The third kappa shape index (κ3) is 3.26. The molecule has 0 saturated carbocycles. The molecule has 0 aromatic heterocycles. The monoisotopic (exact) mass is 550 g/mol. The first-order chi connectivity index (χ1) is 20.8. The van der Waals surface area contributed by atoms with Crippen molar-refractivity contribution in [1.82, 2.24) is 0 Å². The van der Waals surface area contributed by atoms with Crippen molar-refractivity contribution in [1.29, 1.82) is 0 Å². The van der Waals surface area contributed by atoms with E-state index in [0.717, 1.165) is 0 Å². The fourth-order valence-corrected chi connectivity index (χ4v) is 8.56. The van der Waals surface area contributed by atoms with Crippen LogP contribution in [-0.4, -0.2) is 0 Å². The van der Waals surface area contributed by atoms with Crippen molar-refractivity contribution in [2.24, 2.45) is 0 Å². The maximum atomic E-state index is 2.42. The molecule has 0 spiro atoms. The molecule has 0 unspecified atom stereocenters. The Kier molecular flexibility index (Phi) is 5.15. The van der Waals surface area contributed by atoms with Gasteiger partial charge in [-0.2, -0.15) is 0 Å². The lowest BCUT2D eigenvalue weighted by Gasteiger charge is -2.33. The molecule has 2 aliphatic rings. The SMILES string of the molecule is c1ccc(C2(c3ccccc3)c3ccccc3-c3cc(-c4ccc5c(c4)Sc4cccc6cccc-5c46)ccc32)cc1. The van der Waals surface area contributed by atoms with Gasteiger partial charge in [-0.15, -0.1) is 0 Å². The molecule has 196 valence electrons. The van der Waals surface area contributed by atoms with Gasteiger partial charge in [-0.3, -0.25) is 0 Å². The summed E-state index contributed by atoms with van der Waals surface area (Å²) in [5.74, 6) is 0. The molecule has 1 heterocycles. The second kappa shape index (κ2) is 9.08. The second-order valence-corrected chi connectivity index (χ2v) is 12.3. The van der Waals surface area contributed by atoms with Gasteiger partial charge in [-0.1, -0.05) is 151 Å². The van der Waals surface area contributed by atoms with E-state index in [1.54, 1.807) is 0 Å². The fraction of sp³-hybridized carbons (Fsp3) is 0.0244. The molecule has 7 aromatic rings. The summed E-state index contributed by atoms with van der Waals surface area (Å²) in [4.78, 5) is 2.66. The summed E-state index contributed by atoms with van der Waals surface area (Å²) in [6.07, 6.45) is 0. The molecule has 0 saturated heterocycles. The van der Waals surface area contributed by atoms with Crippen LogP contribution in [0.2, 0.25) is 0 Å². The van der Waals surface area contributed by atoms with E-state index >= 15 is 0 Å². The molecule has 42 heavy (non-hydrogen) atoms. The molecule has 1 heteroatoms. The number of rotatable bonds is 3. The van der Waals surface area contributed by atoms with E-state index in [4.69, 9.17) is 0 Å². The maximum Gasteiger partial charge on any atom is 0.0713 e. The zero-order valence-corrected chi connectivity index (χ0v) is 23.7. The van der Waals surface area contributed by atoms with E-state index in [1.165, 1.54) is 76.2 Å². The van der Waals surface area contributed by atoms with Crippen molar-refractivity contribution in [3.8, 4) is 33.4 Å². The molecule has 0 atom stereocenters. The summed E-state index contributed by atoms with van der Waals surface area (Å²) < 4.78 is 0. The molecule has 9 rings (SSSR count). The van der Waals surface area contributed by atoms with Crippen LogP contribution in [0.4, 0.5) is 0 Å². The summed E-state index contributed by atoms with van der Waals surface area (Å²) in [7, 11) is 0. The Bertz CT molecular complexity index is 2110. The van der Waals surface area contributed by atoms with Gasteiger partial charge < -0.3 is 0 Å². The molecule has 0 amide bonds. The first-order valence-electron chi connectivity index (χ1n) is 14.5. The van der Waals surface area contributed by atoms with Crippen LogP contribution < -0.4 is 0 Å². The van der Waals surface area contributed by atoms with Crippen LogP contribution >= 0.6 is 11.8 Å². The van der Waals surface area contributed by atoms with Crippen molar-refractivity contribution < 1.29 is 0 Å². The first-order valence-corrected chi connectivity index (χ1v) is 15.3. The van der Waals surface area contributed by atoms with Crippen LogP contribution in [0, 0.1) is 0 Å². The van der Waals surface area contributed by atoms with E-state index in [1.807, 2.05) is 11.8 Å². The molecule has 7 aromatic carbocycles. The van der Waals surface area contributed by atoms with Crippen LogP contribution in [0.25, 0.3) is 44.2 Å². The number of hydrogen-bond acceptors (Lipinski definition) is 1. The average Bonchev–Trinajstić information content (AvgIpc) is 3.36. The molecule has 0 fully saturated rings. The van der Waals surface area contributed by atoms with E-state index < -0.39 is 0 Å². The quantitative estimate of drug-likeness (QED) is 0.211. The maximum absolute atomic E-state index is 2.42. The second-order valence-electron chi connectivity index (χ2n) is 11.3. The van der Waals surface area contributed by atoms with Crippen LogP contribution in [0.5, 0.6) is 0 Å². The molecule has 0 radical (unpaired) electrons. The Morgan fingerprint density at radius 3 is 1.79 bits per heavy atom. The number of fused-ring (bicyclic) bond motifs is 5. The highest BCUT2D eigenvalue weighted by molar-refractivity contribution is 7.99.